The second-order valence-electron chi connectivity index (χ2n) is 4.38. The SMILES string of the molecule is CCN(CC)c1ncc(CNc2c(Cl)cc(F)cc2Br)s1. The molecule has 0 atom stereocenters. The van der Waals surface area contributed by atoms with Gasteiger partial charge in [-0.05, 0) is 41.9 Å². The summed E-state index contributed by atoms with van der Waals surface area (Å²) in [5.74, 6) is -0.362. The van der Waals surface area contributed by atoms with Crippen molar-refractivity contribution in [3.63, 3.8) is 0 Å². The standard InChI is InChI=1S/C14H16BrClFN3S/c1-3-20(4-2)14-19-8-10(21-14)7-18-13-11(15)5-9(17)6-12(13)16/h5-6,8,18H,3-4,7H2,1-2H3. The number of halogens is 3. The second-order valence-corrected chi connectivity index (χ2v) is 6.73. The third-order valence-corrected chi connectivity index (χ3v) is 5.00. The van der Waals surface area contributed by atoms with E-state index in [0.29, 0.717) is 21.7 Å². The van der Waals surface area contributed by atoms with E-state index in [1.54, 1.807) is 11.3 Å². The third-order valence-electron chi connectivity index (χ3n) is 3.02. The van der Waals surface area contributed by atoms with Gasteiger partial charge in [-0.15, -0.1) is 11.3 Å². The van der Waals surface area contributed by atoms with Crippen molar-refractivity contribution >= 4 is 49.7 Å². The third kappa shape index (κ3) is 4.08. The van der Waals surface area contributed by atoms with Crippen molar-refractivity contribution in [2.45, 2.75) is 20.4 Å². The average molecular weight is 393 g/mol. The number of rotatable bonds is 6. The number of hydrogen-bond donors (Lipinski definition) is 1. The molecule has 0 saturated carbocycles. The predicted molar refractivity (Wildman–Crippen MR) is 92.1 cm³/mol. The first-order chi connectivity index (χ1) is 10.0. The van der Waals surface area contributed by atoms with Crippen LogP contribution < -0.4 is 10.2 Å². The number of thiazole rings is 1. The molecule has 0 bridgehead atoms. The molecule has 0 aliphatic rings. The van der Waals surface area contributed by atoms with E-state index in [2.05, 4.69) is 45.0 Å². The number of hydrogen-bond acceptors (Lipinski definition) is 4. The van der Waals surface area contributed by atoms with Crippen molar-refractivity contribution in [3.8, 4) is 0 Å². The lowest BCUT2D eigenvalue weighted by atomic mass is 10.3. The van der Waals surface area contributed by atoms with Crippen LogP contribution in [0.1, 0.15) is 18.7 Å². The molecule has 2 aromatic rings. The Hall–Kier alpha value is -0.850. The predicted octanol–water partition coefficient (Wildman–Crippen LogP) is 5.16. The maximum absolute atomic E-state index is 13.2. The average Bonchev–Trinajstić information content (AvgIpc) is 2.87. The summed E-state index contributed by atoms with van der Waals surface area (Å²) in [6.07, 6.45) is 1.86. The van der Waals surface area contributed by atoms with Crippen LogP contribution in [-0.4, -0.2) is 18.1 Å². The quantitative estimate of drug-likeness (QED) is 0.736. The topological polar surface area (TPSA) is 28.2 Å². The van der Waals surface area contributed by atoms with Gasteiger partial charge in [0, 0.05) is 28.6 Å². The molecule has 21 heavy (non-hydrogen) atoms. The molecule has 0 saturated heterocycles. The molecule has 1 aromatic carbocycles. The molecule has 1 N–H and O–H groups in total. The molecule has 0 aliphatic heterocycles. The molecular weight excluding hydrogens is 377 g/mol. The molecule has 0 spiro atoms. The van der Waals surface area contributed by atoms with E-state index in [1.807, 2.05) is 6.20 Å². The number of nitrogens with one attached hydrogen (secondary N) is 1. The van der Waals surface area contributed by atoms with Crippen LogP contribution in [0.4, 0.5) is 15.2 Å². The van der Waals surface area contributed by atoms with Crippen molar-refractivity contribution in [1.29, 1.82) is 0 Å². The summed E-state index contributed by atoms with van der Waals surface area (Å²) in [5, 5.41) is 4.59. The maximum atomic E-state index is 13.2. The molecule has 0 fully saturated rings. The van der Waals surface area contributed by atoms with Crippen LogP contribution in [0.3, 0.4) is 0 Å². The minimum absolute atomic E-state index is 0.357. The largest absolute Gasteiger partial charge is 0.378 e. The van der Waals surface area contributed by atoms with Crippen molar-refractivity contribution in [3.05, 3.63) is 38.5 Å². The van der Waals surface area contributed by atoms with Gasteiger partial charge in [0.05, 0.1) is 17.3 Å². The van der Waals surface area contributed by atoms with Gasteiger partial charge in [-0.1, -0.05) is 11.6 Å². The molecule has 114 valence electrons. The van der Waals surface area contributed by atoms with Crippen molar-refractivity contribution < 1.29 is 4.39 Å². The smallest absolute Gasteiger partial charge is 0.185 e. The normalized spacial score (nSPS) is 10.7. The monoisotopic (exact) mass is 391 g/mol. The first kappa shape index (κ1) is 16.5. The highest BCUT2D eigenvalue weighted by atomic mass is 79.9. The fourth-order valence-electron chi connectivity index (χ4n) is 1.91. The van der Waals surface area contributed by atoms with E-state index in [-0.39, 0.29) is 5.82 Å². The molecule has 0 unspecified atom stereocenters. The number of anilines is 2. The van der Waals surface area contributed by atoms with Crippen LogP contribution in [0.25, 0.3) is 0 Å². The molecule has 3 nitrogen and oxygen atoms in total. The number of aromatic nitrogens is 1. The van der Waals surface area contributed by atoms with Crippen LogP contribution >= 0.6 is 38.9 Å². The summed E-state index contributed by atoms with van der Waals surface area (Å²) in [4.78, 5) is 7.73. The fraction of sp³-hybridized carbons (Fsp3) is 0.357. The van der Waals surface area contributed by atoms with Crippen LogP contribution in [0.15, 0.2) is 22.8 Å². The first-order valence-electron chi connectivity index (χ1n) is 6.63. The van der Waals surface area contributed by atoms with E-state index in [9.17, 15) is 4.39 Å². The second kappa shape index (κ2) is 7.42. The number of nitrogens with zero attached hydrogens (tertiary/aromatic N) is 2. The van der Waals surface area contributed by atoms with Gasteiger partial charge in [0.25, 0.3) is 0 Å². The Bertz CT molecular complexity index is 593. The highest BCUT2D eigenvalue weighted by Gasteiger charge is 2.10. The zero-order valence-corrected chi connectivity index (χ0v) is 14.9. The van der Waals surface area contributed by atoms with Gasteiger partial charge in [-0.25, -0.2) is 9.37 Å². The molecule has 1 aromatic heterocycles. The van der Waals surface area contributed by atoms with Gasteiger partial charge >= 0.3 is 0 Å². The minimum atomic E-state index is -0.362. The van der Waals surface area contributed by atoms with Gasteiger partial charge in [-0.3, -0.25) is 0 Å². The van der Waals surface area contributed by atoms with E-state index in [1.165, 1.54) is 12.1 Å². The highest BCUT2D eigenvalue weighted by molar-refractivity contribution is 9.10. The van der Waals surface area contributed by atoms with Crippen LogP contribution in [0.2, 0.25) is 5.02 Å². The first-order valence-corrected chi connectivity index (χ1v) is 8.62. The number of benzene rings is 1. The molecular formula is C14H16BrClFN3S. The van der Waals surface area contributed by atoms with Crippen LogP contribution in [0.5, 0.6) is 0 Å². The highest BCUT2D eigenvalue weighted by Crippen LogP contribution is 2.32. The zero-order valence-electron chi connectivity index (χ0n) is 11.8. The van der Waals surface area contributed by atoms with Gasteiger partial charge < -0.3 is 10.2 Å². The lowest BCUT2D eigenvalue weighted by Crippen LogP contribution is -2.21. The molecule has 0 radical (unpaired) electrons. The van der Waals surface area contributed by atoms with E-state index in [0.717, 1.165) is 23.1 Å². The van der Waals surface area contributed by atoms with Crippen molar-refractivity contribution in [2.75, 3.05) is 23.3 Å². The summed E-state index contributed by atoms with van der Waals surface area (Å²) in [6.45, 7) is 6.69. The molecule has 7 heteroatoms. The van der Waals surface area contributed by atoms with E-state index < -0.39 is 0 Å². The Kier molecular flexibility index (Phi) is 5.84. The van der Waals surface area contributed by atoms with Crippen molar-refractivity contribution in [1.82, 2.24) is 4.98 Å². The van der Waals surface area contributed by atoms with Gasteiger partial charge in [0.1, 0.15) is 5.82 Å². The van der Waals surface area contributed by atoms with Crippen LogP contribution in [0, 0.1) is 5.82 Å². The summed E-state index contributed by atoms with van der Waals surface area (Å²) in [7, 11) is 0. The van der Waals surface area contributed by atoms with Gasteiger partial charge in [-0.2, -0.15) is 0 Å². The molecule has 1 heterocycles. The Morgan fingerprint density at radius 3 is 2.71 bits per heavy atom. The maximum Gasteiger partial charge on any atom is 0.185 e. The molecule has 0 amide bonds. The fourth-order valence-corrected chi connectivity index (χ4v) is 3.84. The summed E-state index contributed by atoms with van der Waals surface area (Å²) in [5.41, 5.74) is 0.691. The lowest BCUT2D eigenvalue weighted by molar-refractivity contribution is 0.627. The molecule has 0 aliphatic carbocycles. The Morgan fingerprint density at radius 2 is 2.10 bits per heavy atom. The lowest BCUT2D eigenvalue weighted by Gasteiger charge is -2.16. The van der Waals surface area contributed by atoms with Gasteiger partial charge in [0.2, 0.25) is 0 Å². The summed E-state index contributed by atoms with van der Waals surface area (Å²) >= 11 is 11.0. The van der Waals surface area contributed by atoms with E-state index >= 15 is 0 Å². The van der Waals surface area contributed by atoms with Crippen LogP contribution in [-0.2, 0) is 6.54 Å². The Labute approximate surface area is 141 Å². The Morgan fingerprint density at radius 1 is 1.38 bits per heavy atom. The van der Waals surface area contributed by atoms with Crippen molar-refractivity contribution in [2.24, 2.45) is 0 Å². The van der Waals surface area contributed by atoms with E-state index in [4.69, 9.17) is 11.6 Å². The summed E-state index contributed by atoms with van der Waals surface area (Å²) < 4.78 is 13.8. The molecule has 2 rings (SSSR count). The minimum Gasteiger partial charge on any atom is -0.378 e. The Balaban J connectivity index is 2.07. The zero-order chi connectivity index (χ0) is 15.4. The summed E-state index contributed by atoms with van der Waals surface area (Å²) in [6, 6.07) is 2.69. The van der Waals surface area contributed by atoms with Gasteiger partial charge in [0.15, 0.2) is 5.13 Å².